The number of hydrogen-bond acceptors (Lipinski definition) is 4. The van der Waals surface area contributed by atoms with Gasteiger partial charge in [-0.15, -0.1) is 0 Å². The topological polar surface area (TPSA) is 41.9 Å². The first kappa shape index (κ1) is 8.04. The molecule has 2 unspecified atom stereocenters. The zero-order valence-electron chi connectivity index (χ0n) is 6.94. The van der Waals surface area contributed by atoms with Crippen LogP contribution in [0.3, 0.4) is 0 Å². The third-order valence-electron chi connectivity index (χ3n) is 1.93. The maximum Gasteiger partial charge on any atom is 0.320 e. The molecule has 0 radical (unpaired) electrons. The fourth-order valence-electron chi connectivity index (χ4n) is 1.17. The van der Waals surface area contributed by atoms with Gasteiger partial charge < -0.3 is 4.84 Å². The normalized spacial score (nSPS) is 30.1. The zero-order valence-corrected chi connectivity index (χ0v) is 6.94. The molecule has 0 aromatic rings. The second kappa shape index (κ2) is 2.90. The SMILES string of the molecule is CC1=NC(C)C(C)N1OC=O. The molecule has 0 saturated heterocycles. The third-order valence-corrected chi connectivity index (χ3v) is 1.93. The molecule has 0 aromatic carbocycles. The molecule has 0 amide bonds. The van der Waals surface area contributed by atoms with Crippen LogP contribution in [0.25, 0.3) is 0 Å². The Morgan fingerprint density at radius 2 is 2.27 bits per heavy atom. The Morgan fingerprint density at radius 1 is 1.64 bits per heavy atom. The lowest BCUT2D eigenvalue weighted by molar-refractivity contribution is -0.160. The van der Waals surface area contributed by atoms with Crippen LogP contribution in [0, 0.1) is 0 Å². The summed E-state index contributed by atoms with van der Waals surface area (Å²) in [5.41, 5.74) is 0. The van der Waals surface area contributed by atoms with E-state index in [1.807, 2.05) is 20.8 Å². The number of amidine groups is 1. The van der Waals surface area contributed by atoms with Crippen molar-refractivity contribution in [2.45, 2.75) is 32.9 Å². The molecule has 0 aromatic heterocycles. The average molecular weight is 156 g/mol. The molecule has 0 fully saturated rings. The number of hydroxylamine groups is 2. The van der Waals surface area contributed by atoms with Gasteiger partial charge in [0, 0.05) is 0 Å². The van der Waals surface area contributed by atoms with E-state index in [-0.39, 0.29) is 12.1 Å². The Balaban J connectivity index is 2.66. The molecule has 0 bridgehead atoms. The minimum absolute atomic E-state index is 0.153. The summed E-state index contributed by atoms with van der Waals surface area (Å²) < 4.78 is 0. The Kier molecular flexibility index (Phi) is 2.12. The summed E-state index contributed by atoms with van der Waals surface area (Å²) in [4.78, 5) is 19.0. The fraction of sp³-hybridized carbons (Fsp3) is 0.714. The molecule has 1 aliphatic heterocycles. The summed E-state index contributed by atoms with van der Waals surface area (Å²) in [5.74, 6) is 0.761. The van der Waals surface area contributed by atoms with Crippen LogP contribution in [0.15, 0.2) is 4.99 Å². The molecule has 0 saturated carbocycles. The van der Waals surface area contributed by atoms with Crippen molar-refractivity contribution in [3.63, 3.8) is 0 Å². The average Bonchev–Trinajstić information content (AvgIpc) is 2.17. The lowest BCUT2D eigenvalue weighted by atomic mass is 10.2. The second-order valence-electron chi connectivity index (χ2n) is 2.68. The first-order valence-electron chi connectivity index (χ1n) is 3.61. The summed E-state index contributed by atoms with van der Waals surface area (Å²) in [6.07, 6.45) is 0. The Morgan fingerprint density at radius 3 is 2.64 bits per heavy atom. The van der Waals surface area contributed by atoms with Crippen LogP contribution in [0.5, 0.6) is 0 Å². The van der Waals surface area contributed by atoms with Crippen molar-refractivity contribution in [2.75, 3.05) is 0 Å². The highest BCUT2D eigenvalue weighted by molar-refractivity contribution is 5.81. The van der Waals surface area contributed by atoms with Gasteiger partial charge in [-0.25, -0.2) is 0 Å². The standard InChI is InChI=1S/C7H12N2O2/c1-5-6(2)9(11-4-10)7(3)8-5/h4-6H,1-3H3. The van der Waals surface area contributed by atoms with Crippen molar-refractivity contribution in [1.82, 2.24) is 5.06 Å². The number of carbonyl (C=O) groups excluding carboxylic acids is 1. The monoisotopic (exact) mass is 156 g/mol. The lowest BCUT2D eigenvalue weighted by Gasteiger charge is -2.20. The molecule has 0 N–H and O–H groups in total. The predicted octanol–water partition coefficient (Wildman–Crippen LogP) is 0.585. The molecule has 0 aliphatic carbocycles. The molecular formula is C7H12N2O2. The number of carbonyl (C=O) groups is 1. The van der Waals surface area contributed by atoms with Crippen molar-refractivity contribution < 1.29 is 9.63 Å². The van der Waals surface area contributed by atoms with Crippen molar-refractivity contribution >= 4 is 12.3 Å². The number of rotatable bonds is 2. The quantitative estimate of drug-likeness (QED) is 0.549. The van der Waals surface area contributed by atoms with E-state index in [9.17, 15) is 4.79 Å². The Labute approximate surface area is 65.8 Å². The predicted molar refractivity (Wildman–Crippen MR) is 41.0 cm³/mol. The first-order chi connectivity index (χ1) is 5.16. The summed E-state index contributed by atoms with van der Waals surface area (Å²) >= 11 is 0. The molecule has 1 aliphatic rings. The van der Waals surface area contributed by atoms with Crippen molar-refractivity contribution in [3.8, 4) is 0 Å². The number of nitrogens with zero attached hydrogens (tertiary/aromatic N) is 2. The maximum absolute atomic E-state index is 10.0. The molecule has 2 atom stereocenters. The summed E-state index contributed by atoms with van der Waals surface area (Å²) in [6, 6.07) is 0.357. The zero-order chi connectivity index (χ0) is 8.43. The van der Waals surface area contributed by atoms with Gasteiger partial charge in [0.2, 0.25) is 0 Å². The van der Waals surface area contributed by atoms with Gasteiger partial charge in [-0.05, 0) is 20.8 Å². The van der Waals surface area contributed by atoms with E-state index in [4.69, 9.17) is 4.84 Å². The molecule has 4 heteroatoms. The van der Waals surface area contributed by atoms with Gasteiger partial charge in [-0.2, -0.15) is 5.06 Å². The highest BCUT2D eigenvalue weighted by Gasteiger charge is 2.28. The Hall–Kier alpha value is -1.06. The highest BCUT2D eigenvalue weighted by atomic mass is 16.7. The van der Waals surface area contributed by atoms with E-state index in [0.29, 0.717) is 6.47 Å². The smallest absolute Gasteiger partial charge is 0.320 e. The maximum atomic E-state index is 10.0. The van der Waals surface area contributed by atoms with Gasteiger partial charge in [0.15, 0.2) is 0 Å². The van der Waals surface area contributed by atoms with Gasteiger partial charge in [0.1, 0.15) is 5.84 Å². The van der Waals surface area contributed by atoms with Gasteiger partial charge in [-0.1, -0.05) is 0 Å². The number of hydrogen-bond donors (Lipinski definition) is 0. The van der Waals surface area contributed by atoms with Crippen LogP contribution >= 0.6 is 0 Å². The summed E-state index contributed by atoms with van der Waals surface area (Å²) in [6.45, 7) is 6.20. The summed E-state index contributed by atoms with van der Waals surface area (Å²) in [5, 5.41) is 1.53. The highest BCUT2D eigenvalue weighted by Crippen LogP contribution is 2.16. The van der Waals surface area contributed by atoms with Crippen LogP contribution in [0.1, 0.15) is 20.8 Å². The molecule has 1 rings (SSSR count). The largest absolute Gasteiger partial charge is 0.343 e. The van der Waals surface area contributed by atoms with E-state index in [2.05, 4.69) is 4.99 Å². The Bertz CT molecular complexity index is 191. The number of aliphatic imine (C=N–C) groups is 1. The summed E-state index contributed by atoms with van der Waals surface area (Å²) in [7, 11) is 0. The van der Waals surface area contributed by atoms with Crippen molar-refractivity contribution in [2.24, 2.45) is 4.99 Å². The molecule has 1 heterocycles. The van der Waals surface area contributed by atoms with Gasteiger partial charge >= 0.3 is 6.47 Å². The van der Waals surface area contributed by atoms with E-state index < -0.39 is 0 Å². The van der Waals surface area contributed by atoms with Crippen LogP contribution in [-0.2, 0) is 9.63 Å². The molecule has 4 nitrogen and oxygen atoms in total. The van der Waals surface area contributed by atoms with Crippen LogP contribution < -0.4 is 0 Å². The van der Waals surface area contributed by atoms with Gasteiger partial charge in [-0.3, -0.25) is 9.79 Å². The van der Waals surface area contributed by atoms with E-state index >= 15 is 0 Å². The lowest BCUT2D eigenvalue weighted by Crippen LogP contribution is -2.35. The molecule has 11 heavy (non-hydrogen) atoms. The molecule has 0 spiro atoms. The minimum Gasteiger partial charge on any atom is -0.343 e. The van der Waals surface area contributed by atoms with Crippen molar-refractivity contribution in [3.05, 3.63) is 0 Å². The molecular weight excluding hydrogens is 144 g/mol. The second-order valence-corrected chi connectivity index (χ2v) is 2.68. The van der Waals surface area contributed by atoms with E-state index in [0.717, 1.165) is 5.84 Å². The van der Waals surface area contributed by atoms with Gasteiger partial charge in [0.05, 0.1) is 12.1 Å². The fourth-order valence-corrected chi connectivity index (χ4v) is 1.17. The third kappa shape index (κ3) is 1.34. The molecule has 62 valence electrons. The van der Waals surface area contributed by atoms with E-state index in [1.54, 1.807) is 0 Å². The minimum atomic E-state index is 0.153. The van der Waals surface area contributed by atoms with Crippen LogP contribution in [-0.4, -0.2) is 29.5 Å². The van der Waals surface area contributed by atoms with E-state index in [1.165, 1.54) is 5.06 Å². The van der Waals surface area contributed by atoms with Crippen LogP contribution in [0.4, 0.5) is 0 Å². The van der Waals surface area contributed by atoms with Crippen LogP contribution in [0.2, 0.25) is 0 Å². The van der Waals surface area contributed by atoms with Crippen molar-refractivity contribution in [1.29, 1.82) is 0 Å². The van der Waals surface area contributed by atoms with Gasteiger partial charge in [0.25, 0.3) is 0 Å². The first-order valence-corrected chi connectivity index (χ1v) is 3.61.